The van der Waals surface area contributed by atoms with E-state index in [1.165, 1.54) is 38.5 Å². The van der Waals surface area contributed by atoms with Gasteiger partial charge in [0.25, 0.3) is 5.91 Å². The van der Waals surface area contributed by atoms with Crippen LogP contribution in [0.4, 0.5) is 0 Å². The first-order chi connectivity index (χ1) is 14.5. The summed E-state index contributed by atoms with van der Waals surface area (Å²) in [6, 6.07) is 11.1. The summed E-state index contributed by atoms with van der Waals surface area (Å²) in [6.45, 7) is 2.44. The predicted molar refractivity (Wildman–Crippen MR) is 117 cm³/mol. The summed E-state index contributed by atoms with van der Waals surface area (Å²) in [7, 11) is 0. The zero-order chi connectivity index (χ0) is 20.7. The van der Waals surface area contributed by atoms with E-state index in [0.717, 1.165) is 24.2 Å². The topological polar surface area (TPSA) is 51.5 Å². The first-order valence-corrected chi connectivity index (χ1v) is 11.7. The molecule has 5 heteroatoms. The maximum atomic E-state index is 13.0. The third-order valence-corrected chi connectivity index (χ3v) is 7.94. The number of furan rings is 1. The molecule has 1 heterocycles. The van der Waals surface area contributed by atoms with Crippen LogP contribution < -0.4 is 10.1 Å². The quantitative estimate of drug-likeness (QED) is 0.569. The van der Waals surface area contributed by atoms with Gasteiger partial charge in [0.1, 0.15) is 18.1 Å². The molecule has 4 aliphatic rings. The third-order valence-electron chi connectivity index (χ3n) is 7.63. The van der Waals surface area contributed by atoms with Crippen LogP contribution in [0.25, 0.3) is 0 Å². The van der Waals surface area contributed by atoms with Crippen molar-refractivity contribution < 1.29 is 13.9 Å². The largest absolute Gasteiger partial charge is 0.484 e. The zero-order valence-electron chi connectivity index (χ0n) is 17.5. The Morgan fingerprint density at radius 3 is 2.43 bits per heavy atom. The van der Waals surface area contributed by atoms with Gasteiger partial charge in [-0.3, -0.25) is 4.79 Å². The second-order valence-electron chi connectivity index (χ2n) is 9.70. The van der Waals surface area contributed by atoms with Crippen LogP contribution in [-0.2, 0) is 6.61 Å². The van der Waals surface area contributed by atoms with Crippen molar-refractivity contribution in [3.8, 4) is 5.75 Å². The number of ether oxygens (including phenoxy) is 1. The lowest BCUT2D eigenvalue weighted by atomic mass is 9.47. The van der Waals surface area contributed by atoms with Crippen LogP contribution in [0.5, 0.6) is 5.75 Å². The van der Waals surface area contributed by atoms with E-state index in [9.17, 15) is 4.79 Å². The molecule has 1 amide bonds. The number of amides is 1. The van der Waals surface area contributed by atoms with E-state index >= 15 is 0 Å². The Morgan fingerprint density at radius 2 is 1.80 bits per heavy atom. The van der Waals surface area contributed by atoms with Crippen LogP contribution in [0, 0.1) is 23.2 Å². The van der Waals surface area contributed by atoms with Gasteiger partial charge in [0.15, 0.2) is 5.76 Å². The van der Waals surface area contributed by atoms with Crippen molar-refractivity contribution in [2.75, 3.05) is 0 Å². The first-order valence-electron chi connectivity index (χ1n) is 11.3. The van der Waals surface area contributed by atoms with E-state index < -0.39 is 0 Å². The SMILES string of the molecule is CCC(NC(=O)c1ccc(COc2ccccc2Cl)o1)C12CC3CC(CC(C3)C1)C2. The summed E-state index contributed by atoms with van der Waals surface area (Å²) in [5.41, 5.74) is 0.293. The third kappa shape index (κ3) is 3.75. The molecule has 4 bridgehead atoms. The number of carbonyl (C=O) groups is 1. The molecular formula is C25H30ClNO3. The van der Waals surface area contributed by atoms with Crippen molar-refractivity contribution in [2.24, 2.45) is 23.2 Å². The van der Waals surface area contributed by atoms with Gasteiger partial charge in [-0.05, 0) is 92.4 Å². The van der Waals surface area contributed by atoms with Crippen LogP contribution in [0.1, 0.15) is 68.2 Å². The monoisotopic (exact) mass is 427 g/mol. The van der Waals surface area contributed by atoms with E-state index in [4.69, 9.17) is 20.8 Å². The van der Waals surface area contributed by atoms with Gasteiger partial charge in [0.2, 0.25) is 0 Å². The van der Waals surface area contributed by atoms with Gasteiger partial charge in [-0.25, -0.2) is 0 Å². The number of hydrogen-bond donors (Lipinski definition) is 1. The van der Waals surface area contributed by atoms with E-state index in [-0.39, 0.29) is 18.6 Å². The predicted octanol–water partition coefficient (Wildman–Crippen LogP) is 6.24. The molecule has 1 atom stereocenters. The molecule has 2 aromatic rings. The summed E-state index contributed by atoms with van der Waals surface area (Å²) in [5, 5.41) is 3.90. The average molecular weight is 428 g/mol. The molecule has 160 valence electrons. The lowest BCUT2D eigenvalue weighted by molar-refractivity contribution is -0.0728. The number of para-hydroxylation sites is 1. The maximum absolute atomic E-state index is 13.0. The molecule has 30 heavy (non-hydrogen) atoms. The van der Waals surface area contributed by atoms with E-state index in [1.54, 1.807) is 18.2 Å². The number of hydrogen-bond acceptors (Lipinski definition) is 3. The number of nitrogens with one attached hydrogen (secondary N) is 1. The fourth-order valence-electron chi connectivity index (χ4n) is 6.81. The molecule has 4 fully saturated rings. The highest BCUT2D eigenvalue weighted by molar-refractivity contribution is 6.32. The molecule has 0 saturated heterocycles. The summed E-state index contributed by atoms with van der Waals surface area (Å²) in [4.78, 5) is 13.0. The molecule has 1 aromatic heterocycles. The normalized spacial score (nSPS) is 30.3. The average Bonchev–Trinajstić information content (AvgIpc) is 3.19. The van der Waals surface area contributed by atoms with Crippen LogP contribution in [0.3, 0.4) is 0 Å². The highest BCUT2D eigenvalue weighted by Gasteiger charge is 2.54. The minimum absolute atomic E-state index is 0.110. The number of rotatable bonds is 7. The molecule has 6 rings (SSSR count). The Morgan fingerprint density at radius 1 is 1.13 bits per heavy atom. The lowest BCUT2D eigenvalue weighted by Crippen LogP contribution is -2.56. The Bertz CT molecular complexity index is 885. The van der Waals surface area contributed by atoms with Crippen molar-refractivity contribution >= 4 is 17.5 Å². The minimum atomic E-state index is -0.110. The highest BCUT2D eigenvalue weighted by Crippen LogP contribution is 2.61. The van der Waals surface area contributed by atoms with Crippen LogP contribution >= 0.6 is 11.6 Å². The van der Waals surface area contributed by atoms with Gasteiger partial charge < -0.3 is 14.5 Å². The van der Waals surface area contributed by atoms with E-state index in [0.29, 0.717) is 27.7 Å². The molecule has 0 radical (unpaired) electrons. The minimum Gasteiger partial charge on any atom is -0.484 e. The molecule has 0 aliphatic heterocycles. The molecular weight excluding hydrogens is 398 g/mol. The second kappa shape index (κ2) is 7.96. The molecule has 4 nitrogen and oxygen atoms in total. The Kier molecular flexibility index (Phi) is 5.30. The summed E-state index contributed by atoms with van der Waals surface area (Å²) >= 11 is 6.13. The fraction of sp³-hybridized carbons (Fsp3) is 0.560. The van der Waals surface area contributed by atoms with Gasteiger partial charge in [-0.1, -0.05) is 30.7 Å². The number of benzene rings is 1. The van der Waals surface area contributed by atoms with Gasteiger partial charge in [0, 0.05) is 6.04 Å². The zero-order valence-corrected chi connectivity index (χ0v) is 18.3. The second-order valence-corrected chi connectivity index (χ2v) is 10.1. The Labute approximate surface area is 183 Å². The molecule has 4 aliphatic carbocycles. The number of halogens is 1. The Hall–Kier alpha value is -1.94. The van der Waals surface area contributed by atoms with Crippen LogP contribution in [0.2, 0.25) is 5.02 Å². The van der Waals surface area contributed by atoms with Gasteiger partial charge in [0.05, 0.1) is 5.02 Å². The fourth-order valence-corrected chi connectivity index (χ4v) is 7.00. The van der Waals surface area contributed by atoms with Crippen molar-refractivity contribution in [1.29, 1.82) is 0 Å². The van der Waals surface area contributed by atoms with Crippen LogP contribution in [-0.4, -0.2) is 11.9 Å². The number of carbonyl (C=O) groups excluding carboxylic acids is 1. The first kappa shape index (κ1) is 20.0. The lowest BCUT2D eigenvalue weighted by Gasteiger charge is -2.59. The maximum Gasteiger partial charge on any atom is 0.287 e. The molecule has 4 saturated carbocycles. The summed E-state index contributed by atoms with van der Waals surface area (Å²) < 4.78 is 11.5. The van der Waals surface area contributed by atoms with Crippen LogP contribution in [0.15, 0.2) is 40.8 Å². The molecule has 1 unspecified atom stereocenters. The highest BCUT2D eigenvalue weighted by atomic mass is 35.5. The van der Waals surface area contributed by atoms with Gasteiger partial charge in [-0.2, -0.15) is 0 Å². The van der Waals surface area contributed by atoms with Crippen molar-refractivity contribution in [1.82, 2.24) is 5.32 Å². The van der Waals surface area contributed by atoms with Gasteiger partial charge >= 0.3 is 0 Å². The van der Waals surface area contributed by atoms with E-state index in [1.807, 2.05) is 18.2 Å². The smallest absolute Gasteiger partial charge is 0.287 e. The summed E-state index contributed by atoms with van der Waals surface area (Å²) in [5.74, 6) is 4.09. The molecule has 1 N–H and O–H groups in total. The van der Waals surface area contributed by atoms with Gasteiger partial charge in [-0.15, -0.1) is 0 Å². The van der Waals surface area contributed by atoms with E-state index in [2.05, 4.69) is 12.2 Å². The summed E-state index contributed by atoms with van der Waals surface area (Å²) in [6.07, 6.45) is 9.07. The Balaban J connectivity index is 1.23. The molecule has 0 spiro atoms. The van der Waals surface area contributed by atoms with Crippen molar-refractivity contribution in [2.45, 2.75) is 64.5 Å². The standard InChI is InChI=1S/C25H30ClNO3/c1-2-23(25-12-16-9-17(13-25)11-18(10-16)14-25)27-24(28)22-8-7-19(30-22)15-29-21-6-4-3-5-20(21)26/h3-8,16-18,23H,2,9-15H2,1H3,(H,27,28). The molecule has 1 aromatic carbocycles. The van der Waals surface area contributed by atoms with Crippen molar-refractivity contribution in [3.63, 3.8) is 0 Å². The van der Waals surface area contributed by atoms with Crippen molar-refractivity contribution in [3.05, 3.63) is 52.9 Å².